The number of ether oxygens (including phenoxy) is 1. The minimum Gasteiger partial charge on any atom is -0.495 e. The molecule has 0 amide bonds. The zero-order valence-corrected chi connectivity index (χ0v) is 6.47. The van der Waals surface area contributed by atoms with Gasteiger partial charge in [-0.05, 0) is 31.3 Å². The van der Waals surface area contributed by atoms with Crippen LogP contribution in [-0.4, -0.2) is 14.5 Å². The van der Waals surface area contributed by atoms with Crippen LogP contribution in [0.5, 0.6) is 0 Å². The number of allylic oxidation sites excluding steroid dienone is 3. The Morgan fingerprint density at radius 2 is 2.40 bits per heavy atom. The van der Waals surface area contributed by atoms with Gasteiger partial charge in [0.2, 0.25) is 0 Å². The van der Waals surface area contributed by atoms with Crippen molar-refractivity contribution in [3.05, 3.63) is 24.0 Å². The summed E-state index contributed by atoms with van der Waals surface area (Å²) in [5, 5.41) is 0. The lowest BCUT2D eigenvalue weighted by Crippen LogP contribution is -1.94. The fraction of sp³-hybridized carbons (Fsp3) is 0.500. The predicted octanol–water partition coefficient (Wildman–Crippen LogP) is 1.29. The van der Waals surface area contributed by atoms with Crippen molar-refractivity contribution in [2.75, 3.05) is 6.61 Å². The van der Waals surface area contributed by atoms with E-state index in [0.29, 0.717) is 0 Å². The molecule has 0 aromatic rings. The highest BCUT2D eigenvalue weighted by molar-refractivity contribution is 6.08. The Hall–Kier alpha value is -0.655. The molecule has 0 N–H and O–H groups in total. The van der Waals surface area contributed by atoms with Crippen LogP contribution in [0.2, 0.25) is 6.32 Å². The van der Waals surface area contributed by atoms with Crippen LogP contribution >= 0.6 is 0 Å². The first-order chi connectivity index (χ1) is 4.93. The summed E-state index contributed by atoms with van der Waals surface area (Å²) < 4.78 is 5.41. The van der Waals surface area contributed by atoms with Gasteiger partial charge in [0.05, 0.1) is 6.61 Å². The fourth-order valence-electron chi connectivity index (χ4n) is 0.916. The highest BCUT2D eigenvalue weighted by atomic mass is 16.5. The highest BCUT2D eigenvalue weighted by Gasteiger charge is 1.95. The van der Waals surface area contributed by atoms with Gasteiger partial charge in [0.25, 0.3) is 0 Å². The molecule has 0 aromatic carbocycles. The Labute approximate surface area is 63.2 Å². The first kappa shape index (κ1) is 7.45. The maximum absolute atomic E-state index is 5.41. The molecular formula is C8H13BO. The summed E-state index contributed by atoms with van der Waals surface area (Å²) in [5.41, 5.74) is 0. The largest absolute Gasteiger partial charge is 0.495 e. The molecular weight excluding hydrogens is 123 g/mol. The SMILES string of the molecule is BCCOC1=CCCC=C1. The second-order valence-electron chi connectivity index (χ2n) is 2.43. The molecule has 1 aliphatic rings. The molecule has 0 saturated carbocycles. The third-order valence-electron chi connectivity index (χ3n) is 1.43. The van der Waals surface area contributed by atoms with Crippen molar-refractivity contribution >= 4 is 7.85 Å². The standard InChI is InChI=1S/C8H13BO/c9-6-7-10-8-4-2-1-3-5-8/h2,4-5H,1,3,6-7,9H2. The van der Waals surface area contributed by atoms with Gasteiger partial charge in [0.1, 0.15) is 13.6 Å². The molecule has 10 heavy (non-hydrogen) atoms. The maximum Gasteiger partial charge on any atom is 0.114 e. The van der Waals surface area contributed by atoms with Gasteiger partial charge in [-0.3, -0.25) is 0 Å². The Morgan fingerprint density at radius 3 is 3.00 bits per heavy atom. The van der Waals surface area contributed by atoms with Crippen LogP contribution in [0.1, 0.15) is 12.8 Å². The van der Waals surface area contributed by atoms with E-state index in [-0.39, 0.29) is 0 Å². The van der Waals surface area contributed by atoms with E-state index < -0.39 is 0 Å². The van der Waals surface area contributed by atoms with E-state index in [0.717, 1.165) is 25.1 Å². The van der Waals surface area contributed by atoms with Crippen LogP contribution in [0.15, 0.2) is 24.0 Å². The first-order valence-corrected chi connectivity index (χ1v) is 3.93. The number of rotatable bonds is 3. The van der Waals surface area contributed by atoms with Crippen LogP contribution in [0.4, 0.5) is 0 Å². The Kier molecular flexibility index (Phi) is 3.13. The van der Waals surface area contributed by atoms with Gasteiger partial charge in [-0.15, -0.1) is 0 Å². The Morgan fingerprint density at radius 1 is 1.50 bits per heavy atom. The Bertz CT molecular complexity index is 149. The second kappa shape index (κ2) is 4.21. The molecule has 0 aliphatic heterocycles. The summed E-state index contributed by atoms with van der Waals surface area (Å²) in [7, 11) is 2.12. The molecule has 0 heterocycles. The lowest BCUT2D eigenvalue weighted by molar-refractivity contribution is 0.240. The Balaban J connectivity index is 2.26. The minimum absolute atomic E-state index is 0.843. The summed E-state index contributed by atoms with van der Waals surface area (Å²) in [6.45, 7) is 0.843. The van der Waals surface area contributed by atoms with Crippen molar-refractivity contribution in [3.63, 3.8) is 0 Å². The quantitative estimate of drug-likeness (QED) is 0.531. The van der Waals surface area contributed by atoms with Gasteiger partial charge >= 0.3 is 0 Å². The summed E-state index contributed by atoms with van der Waals surface area (Å²) >= 11 is 0. The smallest absolute Gasteiger partial charge is 0.114 e. The third-order valence-corrected chi connectivity index (χ3v) is 1.43. The van der Waals surface area contributed by atoms with Crippen molar-refractivity contribution in [2.45, 2.75) is 19.2 Å². The molecule has 0 aromatic heterocycles. The van der Waals surface area contributed by atoms with Crippen LogP contribution in [0, 0.1) is 0 Å². The van der Waals surface area contributed by atoms with E-state index in [1.807, 2.05) is 0 Å². The van der Waals surface area contributed by atoms with Gasteiger partial charge in [-0.2, -0.15) is 0 Å². The van der Waals surface area contributed by atoms with Gasteiger partial charge < -0.3 is 4.74 Å². The van der Waals surface area contributed by atoms with Crippen LogP contribution < -0.4 is 0 Å². The third kappa shape index (κ3) is 2.30. The van der Waals surface area contributed by atoms with Crippen molar-refractivity contribution in [2.24, 2.45) is 0 Å². The summed E-state index contributed by atoms with van der Waals surface area (Å²) in [6.07, 6.45) is 9.75. The molecule has 0 spiro atoms. The summed E-state index contributed by atoms with van der Waals surface area (Å²) in [5.74, 6) is 1.05. The van der Waals surface area contributed by atoms with E-state index in [1.165, 1.54) is 6.42 Å². The van der Waals surface area contributed by atoms with E-state index in [1.54, 1.807) is 0 Å². The van der Waals surface area contributed by atoms with Crippen molar-refractivity contribution in [1.82, 2.24) is 0 Å². The van der Waals surface area contributed by atoms with Crippen molar-refractivity contribution < 1.29 is 4.74 Å². The average molecular weight is 136 g/mol. The van der Waals surface area contributed by atoms with Crippen molar-refractivity contribution in [1.29, 1.82) is 0 Å². The molecule has 0 atom stereocenters. The van der Waals surface area contributed by atoms with E-state index in [4.69, 9.17) is 4.74 Å². The summed E-state index contributed by atoms with van der Waals surface area (Å²) in [6, 6.07) is 0. The summed E-state index contributed by atoms with van der Waals surface area (Å²) in [4.78, 5) is 0. The van der Waals surface area contributed by atoms with E-state index in [9.17, 15) is 0 Å². The second-order valence-corrected chi connectivity index (χ2v) is 2.43. The molecule has 54 valence electrons. The molecule has 0 bridgehead atoms. The van der Waals surface area contributed by atoms with Gasteiger partial charge in [0, 0.05) is 0 Å². The maximum atomic E-state index is 5.41. The van der Waals surface area contributed by atoms with Gasteiger partial charge in [0.15, 0.2) is 0 Å². The highest BCUT2D eigenvalue weighted by Crippen LogP contribution is 2.10. The van der Waals surface area contributed by atoms with E-state index in [2.05, 4.69) is 26.1 Å². The van der Waals surface area contributed by atoms with E-state index >= 15 is 0 Å². The lowest BCUT2D eigenvalue weighted by atomic mass is 10.1. The molecule has 0 fully saturated rings. The van der Waals surface area contributed by atoms with Gasteiger partial charge in [-0.25, -0.2) is 0 Å². The van der Waals surface area contributed by atoms with Crippen LogP contribution in [-0.2, 0) is 4.74 Å². The van der Waals surface area contributed by atoms with Crippen LogP contribution in [0.25, 0.3) is 0 Å². The number of hydrogen-bond acceptors (Lipinski definition) is 1. The van der Waals surface area contributed by atoms with Crippen molar-refractivity contribution in [3.8, 4) is 0 Å². The number of hydrogen-bond donors (Lipinski definition) is 0. The minimum atomic E-state index is 0.843. The molecule has 1 nitrogen and oxygen atoms in total. The fourth-order valence-corrected chi connectivity index (χ4v) is 0.916. The zero-order chi connectivity index (χ0) is 7.23. The normalized spacial score (nSPS) is 16.6. The first-order valence-electron chi connectivity index (χ1n) is 3.93. The van der Waals surface area contributed by atoms with Gasteiger partial charge in [-0.1, -0.05) is 6.08 Å². The molecule has 0 saturated heterocycles. The molecule has 1 aliphatic carbocycles. The zero-order valence-electron chi connectivity index (χ0n) is 6.47. The topological polar surface area (TPSA) is 9.23 Å². The molecule has 1 rings (SSSR count). The van der Waals surface area contributed by atoms with Crippen LogP contribution in [0.3, 0.4) is 0 Å². The molecule has 2 heteroatoms. The predicted molar refractivity (Wildman–Crippen MR) is 45.8 cm³/mol. The monoisotopic (exact) mass is 136 g/mol. The lowest BCUT2D eigenvalue weighted by Gasteiger charge is -2.07. The molecule has 0 unspecified atom stereocenters. The average Bonchev–Trinajstić information content (AvgIpc) is 2.03. The molecule has 0 radical (unpaired) electrons.